The van der Waals surface area contributed by atoms with Gasteiger partial charge in [-0.15, -0.1) is 0 Å². The highest BCUT2D eigenvalue weighted by molar-refractivity contribution is 5.82. The Hall–Kier alpha value is -1.74. The van der Waals surface area contributed by atoms with Crippen LogP contribution in [0.25, 0.3) is 10.9 Å². The van der Waals surface area contributed by atoms with Crippen LogP contribution in [0.3, 0.4) is 0 Å². The van der Waals surface area contributed by atoms with Gasteiger partial charge in [0.1, 0.15) is 5.78 Å². The zero-order chi connectivity index (χ0) is 13.5. The van der Waals surface area contributed by atoms with Gasteiger partial charge < -0.3 is 0 Å². The lowest BCUT2D eigenvalue weighted by Gasteiger charge is -2.34. The second-order valence-corrected chi connectivity index (χ2v) is 6.00. The van der Waals surface area contributed by atoms with E-state index in [1.54, 1.807) is 0 Å². The summed E-state index contributed by atoms with van der Waals surface area (Å²) in [6.07, 6.45) is 5.70. The van der Waals surface area contributed by atoms with Crippen molar-refractivity contribution in [2.45, 2.75) is 44.3 Å². The van der Waals surface area contributed by atoms with Crippen LogP contribution in [0.5, 0.6) is 0 Å². The molecule has 2 unspecified atom stereocenters. The molecule has 3 heterocycles. The molecule has 0 saturated carbocycles. The second-order valence-electron chi connectivity index (χ2n) is 6.00. The topological polar surface area (TPSA) is 33.2 Å². The van der Waals surface area contributed by atoms with Crippen LogP contribution in [0.4, 0.5) is 0 Å². The lowest BCUT2D eigenvalue weighted by atomic mass is 10.00. The molecule has 2 bridgehead atoms. The van der Waals surface area contributed by atoms with Gasteiger partial charge in [-0.1, -0.05) is 24.3 Å². The SMILES string of the molecule is O=C1CC2CCC(C1)N2Cc1cccc2cccnc12. The van der Waals surface area contributed by atoms with Crippen molar-refractivity contribution in [1.82, 2.24) is 9.88 Å². The van der Waals surface area contributed by atoms with E-state index in [9.17, 15) is 4.79 Å². The number of benzene rings is 1. The van der Waals surface area contributed by atoms with Gasteiger partial charge in [-0.3, -0.25) is 14.7 Å². The number of pyridine rings is 1. The molecule has 0 radical (unpaired) electrons. The monoisotopic (exact) mass is 266 g/mol. The predicted molar refractivity (Wildman–Crippen MR) is 78.3 cm³/mol. The minimum Gasteiger partial charge on any atom is -0.300 e. The minimum absolute atomic E-state index is 0.449. The van der Waals surface area contributed by atoms with Crippen molar-refractivity contribution in [3.05, 3.63) is 42.1 Å². The molecule has 0 aliphatic carbocycles. The van der Waals surface area contributed by atoms with Crippen molar-refractivity contribution in [2.75, 3.05) is 0 Å². The Morgan fingerprint density at radius 3 is 2.65 bits per heavy atom. The highest BCUT2D eigenvalue weighted by atomic mass is 16.1. The van der Waals surface area contributed by atoms with Gasteiger partial charge in [0.05, 0.1) is 5.52 Å². The van der Waals surface area contributed by atoms with Crippen molar-refractivity contribution in [2.24, 2.45) is 0 Å². The number of fused-ring (bicyclic) bond motifs is 3. The smallest absolute Gasteiger partial charge is 0.136 e. The molecule has 0 spiro atoms. The van der Waals surface area contributed by atoms with Crippen LogP contribution < -0.4 is 0 Å². The minimum atomic E-state index is 0.449. The Labute approximate surface area is 118 Å². The average Bonchev–Trinajstić information content (AvgIpc) is 2.70. The number of nitrogens with zero attached hydrogens (tertiary/aromatic N) is 2. The van der Waals surface area contributed by atoms with E-state index < -0.39 is 0 Å². The Balaban J connectivity index is 1.67. The lowest BCUT2D eigenvalue weighted by molar-refractivity contribution is -0.123. The number of piperidine rings is 1. The number of hydrogen-bond donors (Lipinski definition) is 0. The quantitative estimate of drug-likeness (QED) is 0.838. The van der Waals surface area contributed by atoms with E-state index in [0.717, 1.165) is 24.9 Å². The van der Waals surface area contributed by atoms with E-state index >= 15 is 0 Å². The molecule has 2 saturated heterocycles. The normalized spacial score (nSPS) is 26.3. The maximum atomic E-state index is 11.7. The van der Waals surface area contributed by atoms with E-state index in [2.05, 4.69) is 34.1 Å². The number of ketones is 1. The van der Waals surface area contributed by atoms with Crippen LogP contribution in [0, 0.1) is 0 Å². The summed E-state index contributed by atoms with van der Waals surface area (Å²) >= 11 is 0. The summed E-state index contributed by atoms with van der Waals surface area (Å²) in [7, 11) is 0. The van der Waals surface area contributed by atoms with Crippen LogP contribution in [-0.2, 0) is 11.3 Å². The molecule has 102 valence electrons. The molecule has 20 heavy (non-hydrogen) atoms. The first kappa shape index (κ1) is 12.0. The van der Waals surface area contributed by atoms with Gasteiger partial charge in [-0.25, -0.2) is 0 Å². The molecule has 2 fully saturated rings. The lowest BCUT2D eigenvalue weighted by Crippen LogP contribution is -2.42. The molecular weight excluding hydrogens is 248 g/mol. The van der Waals surface area contributed by atoms with E-state index in [1.165, 1.54) is 23.8 Å². The third-order valence-electron chi connectivity index (χ3n) is 4.77. The molecule has 2 aromatic rings. The van der Waals surface area contributed by atoms with Crippen LogP contribution in [0.1, 0.15) is 31.2 Å². The van der Waals surface area contributed by atoms with E-state index in [-0.39, 0.29) is 0 Å². The molecule has 0 N–H and O–H groups in total. The van der Waals surface area contributed by atoms with Gasteiger partial charge in [-0.2, -0.15) is 0 Å². The summed E-state index contributed by atoms with van der Waals surface area (Å²) in [6, 6.07) is 11.4. The van der Waals surface area contributed by atoms with Gasteiger partial charge in [0.2, 0.25) is 0 Å². The first-order valence-corrected chi connectivity index (χ1v) is 7.41. The Morgan fingerprint density at radius 1 is 1.10 bits per heavy atom. The number of hydrogen-bond acceptors (Lipinski definition) is 3. The van der Waals surface area contributed by atoms with Gasteiger partial charge in [0.15, 0.2) is 0 Å². The first-order valence-electron chi connectivity index (χ1n) is 7.41. The summed E-state index contributed by atoms with van der Waals surface area (Å²) in [5, 5.41) is 1.20. The molecule has 4 rings (SSSR count). The summed E-state index contributed by atoms with van der Waals surface area (Å²) in [5.41, 5.74) is 2.39. The first-order chi connectivity index (χ1) is 9.81. The summed E-state index contributed by atoms with van der Waals surface area (Å²) < 4.78 is 0. The van der Waals surface area contributed by atoms with Crippen molar-refractivity contribution < 1.29 is 4.79 Å². The third-order valence-corrected chi connectivity index (χ3v) is 4.77. The largest absolute Gasteiger partial charge is 0.300 e. The molecular formula is C17H18N2O. The molecule has 1 aromatic heterocycles. The summed E-state index contributed by atoms with van der Waals surface area (Å²) in [6.45, 7) is 0.928. The Bertz CT molecular complexity index is 646. The van der Waals surface area contributed by atoms with E-state index in [0.29, 0.717) is 17.9 Å². The van der Waals surface area contributed by atoms with Crippen LogP contribution >= 0.6 is 0 Å². The highest BCUT2D eigenvalue weighted by Crippen LogP contribution is 2.35. The summed E-state index contributed by atoms with van der Waals surface area (Å²) in [4.78, 5) is 18.8. The number of para-hydroxylation sites is 1. The second kappa shape index (κ2) is 4.67. The maximum Gasteiger partial charge on any atom is 0.136 e. The molecule has 3 nitrogen and oxygen atoms in total. The van der Waals surface area contributed by atoms with Crippen molar-refractivity contribution in [3.8, 4) is 0 Å². The number of aromatic nitrogens is 1. The maximum absolute atomic E-state index is 11.7. The van der Waals surface area contributed by atoms with Crippen molar-refractivity contribution >= 4 is 16.7 Å². The van der Waals surface area contributed by atoms with E-state index in [4.69, 9.17) is 0 Å². The zero-order valence-corrected chi connectivity index (χ0v) is 11.5. The van der Waals surface area contributed by atoms with Gasteiger partial charge in [0.25, 0.3) is 0 Å². The number of carbonyl (C=O) groups is 1. The fourth-order valence-corrected chi connectivity index (χ4v) is 3.81. The highest BCUT2D eigenvalue weighted by Gasteiger charge is 2.39. The Kier molecular flexibility index (Phi) is 2.81. The number of Topliss-reactive ketones (excluding diaryl/α,β-unsaturated/α-hetero) is 1. The molecule has 3 heteroatoms. The fraction of sp³-hybridized carbons (Fsp3) is 0.412. The van der Waals surface area contributed by atoms with Crippen molar-refractivity contribution in [3.63, 3.8) is 0 Å². The molecule has 2 aliphatic rings. The van der Waals surface area contributed by atoms with Gasteiger partial charge in [-0.05, 0) is 24.5 Å². The van der Waals surface area contributed by atoms with Crippen LogP contribution in [-0.4, -0.2) is 27.8 Å². The molecule has 1 aromatic carbocycles. The average molecular weight is 266 g/mol. The van der Waals surface area contributed by atoms with Crippen LogP contribution in [0.2, 0.25) is 0 Å². The van der Waals surface area contributed by atoms with E-state index in [1.807, 2.05) is 12.3 Å². The fourth-order valence-electron chi connectivity index (χ4n) is 3.81. The van der Waals surface area contributed by atoms with Crippen molar-refractivity contribution in [1.29, 1.82) is 0 Å². The zero-order valence-electron chi connectivity index (χ0n) is 11.5. The number of rotatable bonds is 2. The van der Waals surface area contributed by atoms with Gasteiger partial charge >= 0.3 is 0 Å². The predicted octanol–water partition coefficient (Wildman–Crippen LogP) is 2.93. The standard InChI is InChI=1S/C17H18N2O/c20-16-9-14-6-7-15(10-16)19(14)11-13-4-1-3-12-5-2-8-18-17(12)13/h1-5,8,14-15H,6-7,9-11H2. The Morgan fingerprint density at radius 2 is 1.85 bits per heavy atom. The number of carbonyl (C=O) groups excluding carboxylic acids is 1. The van der Waals surface area contributed by atoms with Crippen LogP contribution in [0.15, 0.2) is 36.5 Å². The summed E-state index contributed by atoms with van der Waals surface area (Å²) in [5.74, 6) is 0.449. The molecule has 2 aliphatic heterocycles. The third kappa shape index (κ3) is 1.93. The van der Waals surface area contributed by atoms with Gasteiger partial charge in [0, 0.05) is 43.1 Å². The molecule has 2 atom stereocenters. The molecule has 0 amide bonds.